The number of carbonyl (C=O) groups is 2. The van der Waals surface area contributed by atoms with Gasteiger partial charge in [0.25, 0.3) is 0 Å². The lowest BCUT2D eigenvalue weighted by Crippen LogP contribution is -2.38. The number of hydrogen-bond acceptors (Lipinski definition) is 4. The lowest BCUT2D eigenvalue weighted by Gasteiger charge is -2.33. The Balaban J connectivity index is 1.39. The number of cyclic esters (lactones) is 1. The molecule has 0 radical (unpaired) electrons. The van der Waals surface area contributed by atoms with Crippen LogP contribution in [0.4, 0.5) is 0 Å². The molecule has 1 amide bonds. The van der Waals surface area contributed by atoms with Crippen molar-refractivity contribution in [1.29, 1.82) is 0 Å². The van der Waals surface area contributed by atoms with E-state index in [-0.39, 0.29) is 17.8 Å². The quantitative estimate of drug-likeness (QED) is 0.808. The Morgan fingerprint density at radius 2 is 2.00 bits per heavy atom. The Hall–Kier alpha value is -2.43. The molecule has 0 N–H and O–H groups in total. The van der Waals surface area contributed by atoms with Crippen molar-refractivity contribution in [1.82, 2.24) is 9.88 Å². The highest BCUT2D eigenvalue weighted by atomic mass is 16.5. The summed E-state index contributed by atoms with van der Waals surface area (Å²) in [4.78, 5) is 30.0. The summed E-state index contributed by atoms with van der Waals surface area (Å²) in [5.41, 5.74) is 2.37. The first-order chi connectivity index (χ1) is 12.2. The molecule has 5 nitrogen and oxygen atoms in total. The summed E-state index contributed by atoms with van der Waals surface area (Å²) in [6.45, 7) is 1.95. The Kier molecular flexibility index (Phi) is 4.38. The van der Waals surface area contributed by atoms with Crippen molar-refractivity contribution in [3.8, 4) is 0 Å². The molecule has 0 spiro atoms. The van der Waals surface area contributed by atoms with Crippen LogP contribution in [0.3, 0.4) is 0 Å². The molecular formula is C20H22N2O3. The van der Waals surface area contributed by atoms with E-state index in [0.717, 1.165) is 31.4 Å². The van der Waals surface area contributed by atoms with Gasteiger partial charge in [-0.05, 0) is 36.5 Å². The summed E-state index contributed by atoms with van der Waals surface area (Å²) in [7, 11) is 0. The van der Waals surface area contributed by atoms with Gasteiger partial charge < -0.3 is 9.64 Å². The third-order valence-corrected chi connectivity index (χ3v) is 5.37. The monoisotopic (exact) mass is 338 g/mol. The standard InChI is InChI=1S/C20H22N2O3/c23-19(11-14-12-20(24)25-13-14)22-9-6-15(7-10-22)16-5-8-21-18-4-2-1-3-17(16)18/h1-5,8,14-15H,6-7,9-13H2. The summed E-state index contributed by atoms with van der Waals surface area (Å²) in [6, 6.07) is 10.4. The predicted octanol–water partition coefficient (Wildman–Crippen LogP) is 2.89. The first-order valence-corrected chi connectivity index (χ1v) is 8.98. The zero-order chi connectivity index (χ0) is 17.2. The number of para-hydroxylation sites is 1. The van der Waals surface area contributed by atoms with Crippen LogP contribution in [0.15, 0.2) is 36.5 Å². The average Bonchev–Trinajstić information content (AvgIpc) is 3.06. The Morgan fingerprint density at radius 1 is 1.20 bits per heavy atom. The molecule has 1 atom stereocenters. The minimum absolute atomic E-state index is 0.0573. The molecule has 130 valence electrons. The van der Waals surface area contributed by atoms with Gasteiger partial charge in [0.15, 0.2) is 0 Å². The first kappa shape index (κ1) is 16.1. The molecule has 0 bridgehead atoms. The van der Waals surface area contributed by atoms with Gasteiger partial charge in [-0.2, -0.15) is 0 Å². The van der Waals surface area contributed by atoms with Crippen LogP contribution in [-0.4, -0.2) is 41.5 Å². The molecule has 0 aliphatic carbocycles. The zero-order valence-corrected chi connectivity index (χ0v) is 14.2. The molecule has 25 heavy (non-hydrogen) atoms. The van der Waals surface area contributed by atoms with Gasteiger partial charge in [0.05, 0.1) is 18.5 Å². The number of carbonyl (C=O) groups excluding carboxylic acids is 2. The fourth-order valence-corrected chi connectivity index (χ4v) is 3.99. The van der Waals surface area contributed by atoms with Crippen molar-refractivity contribution < 1.29 is 14.3 Å². The molecule has 2 saturated heterocycles. The molecule has 2 aliphatic rings. The van der Waals surface area contributed by atoms with Gasteiger partial charge in [-0.25, -0.2) is 0 Å². The number of benzene rings is 1. The Labute approximate surface area is 147 Å². The fraction of sp³-hybridized carbons (Fsp3) is 0.450. The van der Waals surface area contributed by atoms with E-state index in [4.69, 9.17) is 4.74 Å². The number of rotatable bonds is 3. The molecule has 0 saturated carbocycles. The van der Waals surface area contributed by atoms with E-state index in [1.807, 2.05) is 23.2 Å². The topological polar surface area (TPSA) is 59.5 Å². The summed E-state index contributed by atoms with van der Waals surface area (Å²) in [5.74, 6) is 0.498. The number of likely N-dealkylation sites (tertiary alicyclic amines) is 1. The first-order valence-electron chi connectivity index (χ1n) is 8.98. The van der Waals surface area contributed by atoms with E-state index in [1.54, 1.807) is 0 Å². The molecule has 5 heteroatoms. The molecule has 2 fully saturated rings. The number of esters is 1. The number of pyridine rings is 1. The van der Waals surface area contributed by atoms with E-state index in [1.165, 1.54) is 10.9 Å². The lowest BCUT2D eigenvalue weighted by molar-refractivity contribution is -0.138. The van der Waals surface area contributed by atoms with Crippen molar-refractivity contribution in [3.63, 3.8) is 0 Å². The molecule has 2 aromatic rings. The van der Waals surface area contributed by atoms with Crippen LogP contribution in [-0.2, 0) is 14.3 Å². The Bertz CT molecular complexity index is 791. The van der Waals surface area contributed by atoms with Crippen molar-refractivity contribution in [3.05, 3.63) is 42.1 Å². The highest BCUT2D eigenvalue weighted by Gasteiger charge is 2.30. The van der Waals surface area contributed by atoms with E-state index in [2.05, 4.69) is 23.2 Å². The minimum atomic E-state index is -0.180. The van der Waals surface area contributed by atoms with Crippen LogP contribution < -0.4 is 0 Å². The fourth-order valence-electron chi connectivity index (χ4n) is 3.99. The third kappa shape index (κ3) is 3.36. The SMILES string of the molecule is O=C1CC(CC(=O)N2CCC(c3ccnc4ccccc34)CC2)CO1. The third-order valence-electron chi connectivity index (χ3n) is 5.37. The lowest BCUT2D eigenvalue weighted by atomic mass is 9.87. The minimum Gasteiger partial charge on any atom is -0.465 e. The van der Waals surface area contributed by atoms with Crippen molar-refractivity contribution >= 4 is 22.8 Å². The van der Waals surface area contributed by atoms with Crippen molar-refractivity contribution in [2.24, 2.45) is 5.92 Å². The van der Waals surface area contributed by atoms with Gasteiger partial charge in [-0.3, -0.25) is 14.6 Å². The van der Waals surface area contributed by atoms with Crippen LogP contribution in [0.5, 0.6) is 0 Å². The van der Waals surface area contributed by atoms with E-state index < -0.39 is 0 Å². The van der Waals surface area contributed by atoms with Crippen LogP contribution >= 0.6 is 0 Å². The summed E-state index contributed by atoms with van der Waals surface area (Å²) in [5, 5.41) is 1.22. The van der Waals surface area contributed by atoms with Crippen molar-refractivity contribution in [2.45, 2.75) is 31.6 Å². The van der Waals surface area contributed by atoms with Crippen molar-refractivity contribution in [2.75, 3.05) is 19.7 Å². The van der Waals surface area contributed by atoms with Crippen LogP contribution in [0.25, 0.3) is 10.9 Å². The zero-order valence-electron chi connectivity index (χ0n) is 14.2. The maximum Gasteiger partial charge on any atom is 0.306 e. The maximum absolute atomic E-state index is 12.5. The summed E-state index contributed by atoms with van der Waals surface area (Å²) < 4.78 is 4.95. The average molecular weight is 338 g/mol. The highest BCUT2D eigenvalue weighted by Crippen LogP contribution is 2.32. The smallest absolute Gasteiger partial charge is 0.306 e. The van der Waals surface area contributed by atoms with E-state index in [9.17, 15) is 9.59 Å². The molecule has 4 rings (SSSR count). The van der Waals surface area contributed by atoms with Gasteiger partial charge in [-0.15, -0.1) is 0 Å². The van der Waals surface area contributed by atoms with Crippen LogP contribution in [0.1, 0.15) is 37.2 Å². The largest absolute Gasteiger partial charge is 0.465 e. The predicted molar refractivity (Wildman–Crippen MR) is 94.0 cm³/mol. The number of aromatic nitrogens is 1. The van der Waals surface area contributed by atoms with Crippen LogP contribution in [0, 0.1) is 5.92 Å². The maximum atomic E-state index is 12.5. The second-order valence-electron chi connectivity index (χ2n) is 7.03. The van der Waals surface area contributed by atoms with E-state index in [0.29, 0.717) is 25.4 Å². The molecule has 1 aromatic carbocycles. The molecule has 1 aromatic heterocycles. The number of ether oxygens (including phenoxy) is 1. The van der Waals surface area contributed by atoms with Gasteiger partial charge in [0.2, 0.25) is 5.91 Å². The van der Waals surface area contributed by atoms with E-state index >= 15 is 0 Å². The summed E-state index contributed by atoms with van der Waals surface area (Å²) in [6.07, 6.45) is 4.63. The molecule has 1 unspecified atom stereocenters. The number of amides is 1. The summed E-state index contributed by atoms with van der Waals surface area (Å²) >= 11 is 0. The molecule has 2 aliphatic heterocycles. The van der Waals surface area contributed by atoms with Gasteiger partial charge in [-0.1, -0.05) is 18.2 Å². The van der Waals surface area contributed by atoms with Crippen LogP contribution in [0.2, 0.25) is 0 Å². The molecular weight excluding hydrogens is 316 g/mol. The van der Waals surface area contributed by atoms with Gasteiger partial charge in [0, 0.05) is 37.0 Å². The van der Waals surface area contributed by atoms with Gasteiger partial charge >= 0.3 is 5.97 Å². The second-order valence-corrected chi connectivity index (χ2v) is 7.03. The van der Waals surface area contributed by atoms with Gasteiger partial charge in [0.1, 0.15) is 0 Å². The Morgan fingerprint density at radius 3 is 2.76 bits per heavy atom. The number of fused-ring (bicyclic) bond motifs is 1. The normalized spacial score (nSPS) is 21.5. The molecule has 3 heterocycles. The number of nitrogens with zero attached hydrogens (tertiary/aromatic N) is 2. The highest BCUT2D eigenvalue weighted by molar-refractivity contribution is 5.82. The second kappa shape index (κ2) is 6.82. The number of piperidine rings is 1. The number of hydrogen-bond donors (Lipinski definition) is 0.